The maximum absolute atomic E-state index is 9.64. The molecule has 0 aliphatic rings. The van der Waals surface area contributed by atoms with Gasteiger partial charge in [-0.1, -0.05) is 12.2 Å². The van der Waals surface area contributed by atoms with Crippen LogP contribution in [0.5, 0.6) is 0 Å². The Kier molecular flexibility index (Phi) is 9.40. The molecule has 46 valence electrons. The van der Waals surface area contributed by atoms with Gasteiger partial charge in [0.2, 0.25) is 0 Å². The SMILES string of the molecule is O=C([O-])CNC(=S)S.[Na+]. The third-order valence-corrected chi connectivity index (χ3v) is 0.686. The van der Waals surface area contributed by atoms with Crippen LogP contribution in [0.15, 0.2) is 0 Å². The van der Waals surface area contributed by atoms with Gasteiger partial charge in [0.05, 0.1) is 12.5 Å². The van der Waals surface area contributed by atoms with Crippen LogP contribution in [0.2, 0.25) is 0 Å². The molecule has 0 heterocycles. The maximum Gasteiger partial charge on any atom is 1.00 e. The molecule has 0 atom stereocenters. The van der Waals surface area contributed by atoms with E-state index in [1.807, 2.05) is 0 Å². The summed E-state index contributed by atoms with van der Waals surface area (Å²) in [5.74, 6) is -1.19. The van der Waals surface area contributed by atoms with Crippen LogP contribution in [0.3, 0.4) is 0 Å². The van der Waals surface area contributed by atoms with E-state index in [1.165, 1.54) is 0 Å². The summed E-state index contributed by atoms with van der Waals surface area (Å²) < 4.78 is 0.161. The van der Waals surface area contributed by atoms with Crippen LogP contribution >= 0.6 is 24.8 Å². The van der Waals surface area contributed by atoms with Crippen LogP contribution in [0, 0.1) is 0 Å². The molecule has 0 saturated carbocycles. The van der Waals surface area contributed by atoms with Crippen LogP contribution < -0.4 is 40.0 Å². The van der Waals surface area contributed by atoms with Gasteiger partial charge in [0.25, 0.3) is 0 Å². The van der Waals surface area contributed by atoms with Crippen molar-refractivity contribution < 1.29 is 39.5 Å². The Morgan fingerprint density at radius 2 is 2.22 bits per heavy atom. The summed E-state index contributed by atoms with van der Waals surface area (Å²) in [7, 11) is 0. The summed E-state index contributed by atoms with van der Waals surface area (Å²) in [4.78, 5) is 9.64. The number of carboxylic acid groups (broad SMARTS) is 1. The average Bonchev–Trinajstić information content (AvgIpc) is 1.61. The maximum atomic E-state index is 9.64. The summed E-state index contributed by atoms with van der Waals surface area (Å²) in [6.07, 6.45) is 0. The van der Waals surface area contributed by atoms with Crippen molar-refractivity contribution in [1.82, 2.24) is 5.32 Å². The standard InChI is InChI=1S/C3H5NO2S2.Na/c5-2(6)1-4-3(7)8;/h1H2,(H,5,6)(H2,4,7,8);/q;+1/p-1. The summed E-state index contributed by atoms with van der Waals surface area (Å²) in [6, 6.07) is 0. The summed E-state index contributed by atoms with van der Waals surface area (Å²) in [5.41, 5.74) is 0. The van der Waals surface area contributed by atoms with E-state index >= 15 is 0 Å². The fourth-order valence-corrected chi connectivity index (χ4v) is 0.299. The van der Waals surface area contributed by atoms with Gasteiger partial charge in [0.1, 0.15) is 4.32 Å². The average molecular weight is 173 g/mol. The third kappa shape index (κ3) is 12.0. The van der Waals surface area contributed by atoms with Crippen molar-refractivity contribution in [2.75, 3.05) is 6.54 Å². The molecule has 9 heavy (non-hydrogen) atoms. The van der Waals surface area contributed by atoms with Gasteiger partial charge in [-0.3, -0.25) is 0 Å². The molecule has 3 nitrogen and oxygen atoms in total. The Hall–Kier alpha value is 0.710. The number of nitrogens with one attached hydrogen (secondary N) is 1. The van der Waals surface area contributed by atoms with Crippen molar-refractivity contribution in [3.05, 3.63) is 0 Å². The molecule has 6 heteroatoms. The molecule has 0 aliphatic heterocycles. The van der Waals surface area contributed by atoms with Crippen molar-refractivity contribution in [1.29, 1.82) is 0 Å². The molecule has 0 amide bonds. The van der Waals surface area contributed by atoms with E-state index in [0.29, 0.717) is 0 Å². The number of aliphatic carboxylic acids is 1. The Morgan fingerprint density at radius 1 is 1.78 bits per heavy atom. The molecule has 0 spiro atoms. The number of carbonyl (C=O) groups is 1. The molecule has 1 N–H and O–H groups in total. The monoisotopic (exact) mass is 173 g/mol. The predicted molar refractivity (Wildman–Crippen MR) is 34.6 cm³/mol. The van der Waals surface area contributed by atoms with E-state index in [4.69, 9.17) is 0 Å². The van der Waals surface area contributed by atoms with Gasteiger partial charge in [-0.2, -0.15) is 0 Å². The fourth-order valence-electron chi connectivity index (χ4n) is 0.148. The van der Waals surface area contributed by atoms with Crippen molar-refractivity contribution >= 4 is 35.1 Å². The summed E-state index contributed by atoms with van der Waals surface area (Å²) >= 11 is 7.98. The number of hydrogen-bond donors (Lipinski definition) is 2. The number of rotatable bonds is 2. The number of thiocarbonyl (C=S) groups is 1. The third-order valence-electron chi connectivity index (χ3n) is 0.384. The second-order valence-electron chi connectivity index (χ2n) is 1.03. The van der Waals surface area contributed by atoms with Crippen molar-refractivity contribution in [2.24, 2.45) is 0 Å². The Morgan fingerprint density at radius 3 is 2.33 bits per heavy atom. The van der Waals surface area contributed by atoms with E-state index in [1.54, 1.807) is 0 Å². The van der Waals surface area contributed by atoms with E-state index < -0.39 is 5.97 Å². The molecule has 0 rings (SSSR count). The summed E-state index contributed by atoms with van der Waals surface area (Å²) in [5, 5.41) is 11.9. The van der Waals surface area contributed by atoms with Crippen LogP contribution in [0.1, 0.15) is 0 Å². The van der Waals surface area contributed by atoms with Crippen LogP contribution in [0.25, 0.3) is 0 Å². The number of carboxylic acids is 1. The molecule has 0 unspecified atom stereocenters. The normalized spacial score (nSPS) is 7.22. The molecule has 0 aromatic rings. The molecule has 0 aromatic carbocycles. The summed E-state index contributed by atoms with van der Waals surface area (Å²) in [6.45, 7) is -0.275. The number of hydrogen-bond acceptors (Lipinski definition) is 3. The van der Waals surface area contributed by atoms with E-state index in [-0.39, 0.29) is 40.4 Å². The first kappa shape index (κ1) is 12.4. The van der Waals surface area contributed by atoms with Gasteiger partial charge in [0, 0.05) is 0 Å². The predicted octanol–water partition coefficient (Wildman–Crippen LogP) is -4.46. The molecule has 0 saturated heterocycles. The van der Waals surface area contributed by atoms with Crippen molar-refractivity contribution in [2.45, 2.75) is 0 Å². The molecule has 0 radical (unpaired) electrons. The smallest absolute Gasteiger partial charge is 0.548 e. The van der Waals surface area contributed by atoms with Crippen LogP contribution in [0.4, 0.5) is 0 Å². The molecular formula is C3H4NNaO2S2. The first-order valence-corrected chi connectivity index (χ1v) is 2.65. The first-order chi connectivity index (χ1) is 3.63. The zero-order valence-corrected chi connectivity index (χ0v) is 8.59. The van der Waals surface area contributed by atoms with Crippen molar-refractivity contribution in [3.63, 3.8) is 0 Å². The van der Waals surface area contributed by atoms with Crippen molar-refractivity contribution in [3.8, 4) is 0 Å². The van der Waals surface area contributed by atoms with Gasteiger partial charge >= 0.3 is 29.6 Å². The van der Waals surface area contributed by atoms with Gasteiger partial charge in [-0.25, -0.2) is 0 Å². The Balaban J connectivity index is 0. The van der Waals surface area contributed by atoms with Gasteiger partial charge < -0.3 is 15.2 Å². The zero-order valence-electron chi connectivity index (χ0n) is 4.88. The van der Waals surface area contributed by atoms with E-state index in [2.05, 4.69) is 30.2 Å². The van der Waals surface area contributed by atoms with Gasteiger partial charge in [0.15, 0.2) is 0 Å². The fraction of sp³-hybridized carbons (Fsp3) is 0.333. The second kappa shape index (κ2) is 6.82. The van der Waals surface area contributed by atoms with Crippen LogP contribution in [-0.4, -0.2) is 16.8 Å². The number of thiol groups is 1. The van der Waals surface area contributed by atoms with Gasteiger partial charge in [-0.05, 0) is 0 Å². The largest absolute Gasteiger partial charge is 1.00 e. The Labute approximate surface area is 85.9 Å². The van der Waals surface area contributed by atoms with E-state index in [9.17, 15) is 9.90 Å². The minimum absolute atomic E-state index is 0. The number of carbonyl (C=O) groups excluding carboxylic acids is 1. The molecule has 0 fully saturated rings. The quantitative estimate of drug-likeness (QED) is 0.251. The van der Waals surface area contributed by atoms with Gasteiger partial charge in [-0.15, -0.1) is 12.6 Å². The Bertz CT molecular complexity index is 104. The topological polar surface area (TPSA) is 52.2 Å². The minimum Gasteiger partial charge on any atom is -0.548 e. The molecule has 0 aromatic heterocycles. The minimum atomic E-state index is -1.19. The van der Waals surface area contributed by atoms with Crippen LogP contribution in [-0.2, 0) is 4.79 Å². The zero-order chi connectivity index (χ0) is 6.57. The molecular weight excluding hydrogens is 169 g/mol. The molecule has 0 aliphatic carbocycles. The second-order valence-corrected chi connectivity index (χ2v) is 2.19. The first-order valence-electron chi connectivity index (χ1n) is 1.79. The van der Waals surface area contributed by atoms with E-state index in [0.717, 1.165) is 0 Å². The molecule has 0 bridgehead atoms.